The SMILES string of the molecule is COC(=O)c1cccc(COC(=O)c2ccc(COc3ccccc3)o2)c1. The Morgan fingerprint density at radius 1 is 0.889 bits per heavy atom. The zero-order valence-electron chi connectivity index (χ0n) is 14.7. The number of furan rings is 1. The van der Waals surface area contributed by atoms with Crippen LogP contribution in [0, 0.1) is 0 Å². The van der Waals surface area contributed by atoms with Crippen LogP contribution >= 0.6 is 0 Å². The number of ether oxygens (including phenoxy) is 3. The second-order valence-electron chi connectivity index (χ2n) is 5.64. The molecule has 0 N–H and O–H groups in total. The number of hydrogen-bond donors (Lipinski definition) is 0. The van der Waals surface area contributed by atoms with Gasteiger partial charge < -0.3 is 18.6 Å². The Hall–Kier alpha value is -3.54. The summed E-state index contributed by atoms with van der Waals surface area (Å²) in [6.07, 6.45) is 0. The molecule has 0 fully saturated rings. The molecule has 0 atom stereocenters. The fourth-order valence-electron chi connectivity index (χ4n) is 2.36. The molecule has 0 spiro atoms. The van der Waals surface area contributed by atoms with Crippen molar-refractivity contribution in [2.45, 2.75) is 13.2 Å². The van der Waals surface area contributed by atoms with Crippen molar-refractivity contribution in [1.82, 2.24) is 0 Å². The van der Waals surface area contributed by atoms with Crippen LogP contribution in [0.15, 0.2) is 71.1 Å². The van der Waals surface area contributed by atoms with E-state index in [4.69, 9.17) is 13.9 Å². The van der Waals surface area contributed by atoms with Crippen LogP contribution in [0.5, 0.6) is 5.75 Å². The summed E-state index contributed by atoms with van der Waals surface area (Å²) in [4.78, 5) is 23.7. The van der Waals surface area contributed by atoms with Crippen LogP contribution < -0.4 is 4.74 Å². The smallest absolute Gasteiger partial charge is 0.374 e. The maximum atomic E-state index is 12.1. The molecular weight excluding hydrogens is 348 g/mol. The predicted octanol–water partition coefficient (Wildman–Crippen LogP) is 4.00. The van der Waals surface area contributed by atoms with Gasteiger partial charge in [-0.1, -0.05) is 30.3 Å². The van der Waals surface area contributed by atoms with Crippen LogP contribution in [0.4, 0.5) is 0 Å². The molecule has 1 heterocycles. The molecule has 6 nitrogen and oxygen atoms in total. The number of carbonyl (C=O) groups is 2. The number of methoxy groups -OCH3 is 1. The van der Waals surface area contributed by atoms with Gasteiger partial charge in [-0.05, 0) is 42.0 Å². The molecule has 0 saturated carbocycles. The molecule has 138 valence electrons. The summed E-state index contributed by atoms with van der Waals surface area (Å²) in [6, 6.07) is 19.2. The lowest BCUT2D eigenvalue weighted by Gasteiger charge is -2.05. The molecule has 0 aliphatic carbocycles. The quantitative estimate of drug-likeness (QED) is 0.588. The van der Waals surface area contributed by atoms with E-state index in [0.717, 1.165) is 0 Å². The van der Waals surface area contributed by atoms with E-state index in [1.165, 1.54) is 13.2 Å². The second-order valence-corrected chi connectivity index (χ2v) is 5.64. The van der Waals surface area contributed by atoms with Gasteiger partial charge in [0.25, 0.3) is 0 Å². The van der Waals surface area contributed by atoms with Crippen LogP contribution in [0.3, 0.4) is 0 Å². The third-order valence-corrected chi connectivity index (χ3v) is 3.71. The fraction of sp³-hybridized carbons (Fsp3) is 0.143. The van der Waals surface area contributed by atoms with Crippen molar-refractivity contribution in [2.24, 2.45) is 0 Å². The summed E-state index contributed by atoms with van der Waals surface area (Å²) in [7, 11) is 1.31. The maximum Gasteiger partial charge on any atom is 0.374 e. The lowest BCUT2D eigenvalue weighted by atomic mass is 10.1. The van der Waals surface area contributed by atoms with Gasteiger partial charge in [0.05, 0.1) is 12.7 Å². The first-order valence-electron chi connectivity index (χ1n) is 8.26. The van der Waals surface area contributed by atoms with Crippen LogP contribution in [-0.4, -0.2) is 19.0 Å². The first-order chi connectivity index (χ1) is 13.2. The summed E-state index contributed by atoms with van der Waals surface area (Å²) in [6.45, 7) is 0.221. The van der Waals surface area contributed by atoms with Crippen molar-refractivity contribution >= 4 is 11.9 Å². The highest BCUT2D eigenvalue weighted by Crippen LogP contribution is 2.15. The molecule has 27 heavy (non-hydrogen) atoms. The summed E-state index contributed by atoms with van der Waals surface area (Å²) in [5, 5.41) is 0. The van der Waals surface area contributed by atoms with Crippen molar-refractivity contribution in [3.8, 4) is 5.75 Å². The predicted molar refractivity (Wildman–Crippen MR) is 96.4 cm³/mol. The summed E-state index contributed by atoms with van der Waals surface area (Å²) in [5.41, 5.74) is 1.06. The van der Waals surface area contributed by atoms with Gasteiger partial charge in [-0.2, -0.15) is 0 Å². The number of rotatable bonds is 7. The van der Waals surface area contributed by atoms with E-state index in [1.54, 1.807) is 30.3 Å². The molecule has 0 aliphatic heterocycles. The minimum Gasteiger partial charge on any atom is -0.486 e. The van der Waals surface area contributed by atoms with E-state index in [1.807, 2.05) is 30.3 Å². The number of benzene rings is 2. The van der Waals surface area contributed by atoms with E-state index in [9.17, 15) is 9.59 Å². The summed E-state index contributed by atoms with van der Waals surface area (Å²) < 4.78 is 20.9. The third kappa shape index (κ3) is 4.98. The lowest BCUT2D eigenvalue weighted by Crippen LogP contribution is -2.06. The third-order valence-electron chi connectivity index (χ3n) is 3.71. The number of esters is 2. The fourth-order valence-corrected chi connectivity index (χ4v) is 2.36. The largest absolute Gasteiger partial charge is 0.486 e. The number of para-hydroxylation sites is 1. The molecular formula is C21H18O6. The normalized spacial score (nSPS) is 10.3. The van der Waals surface area contributed by atoms with Crippen LogP contribution in [0.25, 0.3) is 0 Å². The topological polar surface area (TPSA) is 75.0 Å². The van der Waals surface area contributed by atoms with Gasteiger partial charge in [0.1, 0.15) is 24.7 Å². The van der Waals surface area contributed by atoms with Crippen molar-refractivity contribution in [3.05, 3.63) is 89.4 Å². The van der Waals surface area contributed by atoms with Gasteiger partial charge in [0.2, 0.25) is 5.76 Å². The first kappa shape index (κ1) is 18.3. The monoisotopic (exact) mass is 366 g/mol. The van der Waals surface area contributed by atoms with Gasteiger partial charge in [0, 0.05) is 0 Å². The Morgan fingerprint density at radius 2 is 1.70 bits per heavy atom. The van der Waals surface area contributed by atoms with Crippen molar-refractivity contribution in [3.63, 3.8) is 0 Å². The number of hydrogen-bond acceptors (Lipinski definition) is 6. The average Bonchev–Trinajstić information content (AvgIpc) is 3.20. The first-order valence-corrected chi connectivity index (χ1v) is 8.26. The Kier molecular flexibility index (Phi) is 5.89. The highest BCUT2D eigenvalue weighted by atomic mass is 16.5. The molecule has 0 amide bonds. The molecule has 6 heteroatoms. The van der Waals surface area contributed by atoms with Crippen molar-refractivity contribution < 1.29 is 28.2 Å². The zero-order valence-corrected chi connectivity index (χ0v) is 14.7. The Bertz CT molecular complexity index is 913. The van der Waals surface area contributed by atoms with E-state index < -0.39 is 11.9 Å². The minimum absolute atomic E-state index is 0.0141. The summed E-state index contributed by atoms with van der Waals surface area (Å²) >= 11 is 0. The van der Waals surface area contributed by atoms with Gasteiger partial charge in [-0.3, -0.25) is 0 Å². The van der Waals surface area contributed by atoms with Crippen LogP contribution in [0.2, 0.25) is 0 Å². The zero-order chi connectivity index (χ0) is 19.1. The minimum atomic E-state index is -0.593. The molecule has 1 aromatic heterocycles. The van der Waals surface area contributed by atoms with E-state index in [0.29, 0.717) is 22.6 Å². The molecule has 0 unspecified atom stereocenters. The molecule has 0 saturated heterocycles. The second kappa shape index (κ2) is 8.71. The van der Waals surface area contributed by atoms with Crippen LogP contribution in [0.1, 0.15) is 32.2 Å². The van der Waals surface area contributed by atoms with E-state index in [2.05, 4.69) is 4.74 Å². The maximum absolute atomic E-state index is 12.1. The van der Waals surface area contributed by atoms with E-state index >= 15 is 0 Å². The molecule has 0 aliphatic rings. The summed E-state index contributed by atoms with van der Waals surface area (Å²) in [5.74, 6) is 0.273. The van der Waals surface area contributed by atoms with Gasteiger partial charge in [0.15, 0.2) is 0 Å². The van der Waals surface area contributed by atoms with Crippen molar-refractivity contribution in [1.29, 1.82) is 0 Å². The van der Waals surface area contributed by atoms with Gasteiger partial charge in [-0.15, -0.1) is 0 Å². The lowest BCUT2D eigenvalue weighted by molar-refractivity contribution is 0.0432. The Morgan fingerprint density at radius 3 is 2.48 bits per heavy atom. The highest BCUT2D eigenvalue weighted by molar-refractivity contribution is 5.89. The molecule has 0 bridgehead atoms. The average molecular weight is 366 g/mol. The number of carbonyl (C=O) groups excluding carboxylic acids is 2. The standard InChI is InChI=1S/C21H18O6/c1-24-20(22)16-7-5-6-15(12-16)13-26-21(23)19-11-10-18(27-19)14-25-17-8-3-2-4-9-17/h2-12H,13-14H2,1H3. The molecule has 0 radical (unpaired) electrons. The molecule has 2 aromatic carbocycles. The van der Waals surface area contributed by atoms with E-state index in [-0.39, 0.29) is 19.0 Å². The molecule has 3 aromatic rings. The van der Waals surface area contributed by atoms with Crippen LogP contribution in [-0.2, 0) is 22.7 Å². The Balaban J connectivity index is 1.54. The van der Waals surface area contributed by atoms with Gasteiger partial charge >= 0.3 is 11.9 Å². The Labute approximate surface area is 156 Å². The van der Waals surface area contributed by atoms with Crippen molar-refractivity contribution in [2.75, 3.05) is 7.11 Å². The molecule has 3 rings (SSSR count). The highest BCUT2D eigenvalue weighted by Gasteiger charge is 2.14. The van der Waals surface area contributed by atoms with Gasteiger partial charge in [-0.25, -0.2) is 9.59 Å².